The molecule has 1 unspecified atom stereocenters. The van der Waals surface area contributed by atoms with Crippen molar-refractivity contribution in [3.05, 3.63) is 0 Å². The summed E-state index contributed by atoms with van der Waals surface area (Å²) in [7, 11) is 0. The van der Waals surface area contributed by atoms with Gasteiger partial charge in [0.2, 0.25) is 5.91 Å². The third-order valence-corrected chi connectivity index (χ3v) is 4.05. The Morgan fingerprint density at radius 1 is 1.43 bits per heavy atom. The van der Waals surface area contributed by atoms with Gasteiger partial charge in [-0.05, 0) is 32.6 Å². The number of hydrogen-bond donors (Lipinski definition) is 1. The summed E-state index contributed by atoms with van der Waals surface area (Å²) >= 11 is 0. The van der Waals surface area contributed by atoms with Gasteiger partial charge in [0.1, 0.15) is 6.61 Å². The minimum Gasteiger partial charge on any atom is -0.481 e. The number of ether oxygens (including phenoxy) is 1. The van der Waals surface area contributed by atoms with Gasteiger partial charge in [-0.1, -0.05) is 0 Å². The zero-order chi connectivity index (χ0) is 16.0. The summed E-state index contributed by atoms with van der Waals surface area (Å²) in [6.45, 7) is 3.61. The van der Waals surface area contributed by atoms with Gasteiger partial charge in [0.05, 0.1) is 18.4 Å². The molecule has 0 saturated carbocycles. The summed E-state index contributed by atoms with van der Waals surface area (Å²) < 4.78 is 28.5. The van der Waals surface area contributed by atoms with Crippen LogP contribution in [0.2, 0.25) is 0 Å². The van der Waals surface area contributed by atoms with E-state index < -0.39 is 24.4 Å². The first-order chi connectivity index (χ1) is 9.75. The normalized spacial score (nSPS) is 19.9. The lowest BCUT2D eigenvalue weighted by atomic mass is 9.74. The molecule has 5 nitrogen and oxygen atoms in total. The van der Waals surface area contributed by atoms with Crippen LogP contribution in [0.25, 0.3) is 0 Å². The van der Waals surface area contributed by atoms with Gasteiger partial charge < -0.3 is 14.7 Å². The zero-order valence-corrected chi connectivity index (χ0v) is 12.5. The minimum atomic E-state index is -2.53. The first-order valence-corrected chi connectivity index (χ1v) is 7.12. The Kier molecular flexibility index (Phi) is 6.51. The monoisotopic (exact) mass is 307 g/mol. The van der Waals surface area contributed by atoms with Crippen LogP contribution < -0.4 is 0 Å². The maximum atomic E-state index is 12.0. The number of carboxylic acids is 1. The van der Waals surface area contributed by atoms with Gasteiger partial charge in [0.15, 0.2) is 0 Å². The van der Waals surface area contributed by atoms with E-state index in [1.165, 1.54) is 0 Å². The van der Waals surface area contributed by atoms with Crippen LogP contribution in [0.1, 0.15) is 33.1 Å². The highest BCUT2D eigenvalue weighted by atomic mass is 19.3. The topological polar surface area (TPSA) is 66.8 Å². The molecule has 7 heteroatoms. The second-order valence-electron chi connectivity index (χ2n) is 5.92. The molecule has 0 bridgehead atoms. The number of carbonyl (C=O) groups excluding carboxylic acids is 1. The van der Waals surface area contributed by atoms with Crippen LogP contribution in [0.5, 0.6) is 0 Å². The summed E-state index contributed by atoms with van der Waals surface area (Å²) in [4.78, 5) is 24.9. The van der Waals surface area contributed by atoms with Crippen LogP contribution in [0.3, 0.4) is 0 Å². The molecule has 21 heavy (non-hydrogen) atoms. The molecule has 1 aliphatic rings. The number of nitrogens with zero attached hydrogens (tertiary/aromatic N) is 1. The summed E-state index contributed by atoms with van der Waals surface area (Å²) in [5.74, 6) is -1.15. The molecule has 0 radical (unpaired) electrons. The van der Waals surface area contributed by atoms with Crippen molar-refractivity contribution in [3.63, 3.8) is 0 Å². The predicted octanol–water partition coefficient (Wildman–Crippen LogP) is 2.01. The Labute approximate surface area is 123 Å². The lowest BCUT2D eigenvalue weighted by molar-refractivity contribution is -0.153. The number of hydrogen-bond acceptors (Lipinski definition) is 3. The molecule has 1 fully saturated rings. The molecule has 0 aromatic heterocycles. The standard InChI is InChI=1S/C14H23F2NO4/c1-14(2,13(19)20)10-4-3-6-17(8-10)12(18)5-7-21-9-11(15)16/h10-11H,3-9H2,1-2H3,(H,19,20). The van der Waals surface area contributed by atoms with E-state index in [0.717, 1.165) is 12.8 Å². The Bertz CT molecular complexity index is 374. The van der Waals surface area contributed by atoms with Crippen molar-refractivity contribution >= 4 is 11.9 Å². The Morgan fingerprint density at radius 2 is 2.10 bits per heavy atom. The molecule has 1 N–H and O–H groups in total. The van der Waals surface area contributed by atoms with E-state index in [-0.39, 0.29) is 24.9 Å². The number of carboxylic acid groups (broad SMARTS) is 1. The van der Waals surface area contributed by atoms with Crippen molar-refractivity contribution in [2.75, 3.05) is 26.3 Å². The molecule has 0 aromatic rings. The highest BCUT2D eigenvalue weighted by Gasteiger charge is 2.39. The van der Waals surface area contributed by atoms with Crippen LogP contribution in [0, 0.1) is 11.3 Å². The van der Waals surface area contributed by atoms with Crippen molar-refractivity contribution in [2.45, 2.75) is 39.5 Å². The van der Waals surface area contributed by atoms with E-state index in [9.17, 15) is 23.5 Å². The molecule has 0 spiro atoms. The number of piperidine rings is 1. The zero-order valence-electron chi connectivity index (χ0n) is 12.5. The van der Waals surface area contributed by atoms with Crippen LogP contribution in [-0.4, -0.2) is 54.6 Å². The van der Waals surface area contributed by atoms with Gasteiger partial charge in [-0.2, -0.15) is 0 Å². The molecular weight excluding hydrogens is 284 g/mol. The molecule has 122 valence electrons. The van der Waals surface area contributed by atoms with E-state index in [4.69, 9.17) is 4.74 Å². The number of alkyl halides is 2. The smallest absolute Gasteiger partial charge is 0.309 e. The third-order valence-electron chi connectivity index (χ3n) is 4.05. The molecule has 0 aliphatic carbocycles. The van der Waals surface area contributed by atoms with Gasteiger partial charge in [-0.3, -0.25) is 9.59 Å². The van der Waals surface area contributed by atoms with Gasteiger partial charge in [-0.25, -0.2) is 8.78 Å². The number of likely N-dealkylation sites (tertiary alicyclic amines) is 1. The van der Waals surface area contributed by atoms with Crippen molar-refractivity contribution in [2.24, 2.45) is 11.3 Å². The second-order valence-corrected chi connectivity index (χ2v) is 5.92. The van der Waals surface area contributed by atoms with Gasteiger partial charge >= 0.3 is 5.97 Å². The van der Waals surface area contributed by atoms with Crippen LogP contribution in [0.15, 0.2) is 0 Å². The highest BCUT2D eigenvalue weighted by Crippen LogP contribution is 2.34. The SMILES string of the molecule is CC(C)(C(=O)O)C1CCCN(C(=O)CCOCC(F)F)C1. The van der Waals surface area contributed by atoms with Crippen LogP contribution in [-0.2, 0) is 14.3 Å². The number of rotatable bonds is 7. The lowest BCUT2D eigenvalue weighted by Crippen LogP contribution is -2.47. The average Bonchev–Trinajstić information content (AvgIpc) is 2.43. The highest BCUT2D eigenvalue weighted by molar-refractivity contribution is 5.77. The number of halogens is 2. The largest absolute Gasteiger partial charge is 0.481 e. The van der Waals surface area contributed by atoms with E-state index in [2.05, 4.69) is 0 Å². The number of amides is 1. The molecular formula is C14H23F2NO4. The lowest BCUT2D eigenvalue weighted by Gasteiger charge is -2.39. The molecule has 1 saturated heterocycles. The summed E-state index contributed by atoms with van der Waals surface area (Å²) in [6, 6.07) is 0. The number of aliphatic carboxylic acids is 1. The van der Waals surface area contributed by atoms with Crippen molar-refractivity contribution in [1.82, 2.24) is 4.90 Å². The molecule has 1 heterocycles. The Balaban J connectivity index is 2.45. The van der Waals surface area contributed by atoms with E-state index in [1.807, 2.05) is 0 Å². The number of carbonyl (C=O) groups is 2. The molecule has 0 aromatic carbocycles. The maximum absolute atomic E-state index is 12.0. The first-order valence-electron chi connectivity index (χ1n) is 7.12. The maximum Gasteiger partial charge on any atom is 0.309 e. The van der Waals surface area contributed by atoms with Crippen molar-refractivity contribution < 1.29 is 28.2 Å². The fraction of sp³-hybridized carbons (Fsp3) is 0.857. The van der Waals surface area contributed by atoms with Crippen LogP contribution in [0.4, 0.5) is 8.78 Å². The second kappa shape index (κ2) is 7.68. The van der Waals surface area contributed by atoms with Gasteiger partial charge in [0, 0.05) is 13.1 Å². The molecule has 1 atom stereocenters. The Hall–Kier alpha value is -1.24. The van der Waals surface area contributed by atoms with Crippen molar-refractivity contribution in [1.29, 1.82) is 0 Å². The minimum absolute atomic E-state index is 0.0351. The van der Waals surface area contributed by atoms with Crippen molar-refractivity contribution in [3.8, 4) is 0 Å². The molecule has 1 rings (SSSR count). The summed E-state index contributed by atoms with van der Waals surface area (Å²) in [5, 5.41) is 9.25. The molecule has 1 amide bonds. The van der Waals surface area contributed by atoms with E-state index >= 15 is 0 Å². The van der Waals surface area contributed by atoms with E-state index in [1.54, 1.807) is 18.7 Å². The fourth-order valence-electron chi connectivity index (χ4n) is 2.46. The average molecular weight is 307 g/mol. The predicted molar refractivity (Wildman–Crippen MR) is 72.2 cm³/mol. The van der Waals surface area contributed by atoms with E-state index in [0.29, 0.717) is 13.1 Å². The third kappa shape index (κ3) is 5.22. The van der Waals surface area contributed by atoms with Gasteiger partial charge in [0.25, 0.3) is 6.43 Å². The first kappa shape index (κ1) is 17.8. The summed E-state index contributed by atoms with van der Waals surface area (Å²) in [5.41, 5.74) is -0.884. The van der Waals surface area contributed by atoms with Gasteiger partial charge in [-0.15, -0.1) is 0 Å². The van der Waals surface area contributed by atoms with Crippen LogP contribution >= 0.6 is 0 Å². The molecule has 1 aliphatic heterocycles. The fourth-order valence-corrected chi connectivity index (χ4v) is 2.46. The Morgan fingerprint density at radius 3 is 2.67 bits per heavy atom. The quantitative estimate of drug-likeness (QED) is 0.731. The summed E-state index contributed by atoms with van der Waals surface area (Å²) in [6.07, 6.45) is -0.959.